The standard InChI is InChI=1S/C39H37BrN2O6S/c1-6-45-32-20-25(19-30(40)36(32)47-22-27-15-12-14-26-13-8-9-16-28(26)27)21-33-37(43)42-35(29-17-10-11-18-31(29)48-23(3)4)34(38(44)46-7-2)24(5)41-39(42)49-33/h8-21,23,35H,6-7,22H2,1-5H3/b33-21-/t35-/m1/s1. The molecule has 0 amide bonds. The van der Waals surface area contributed by atoms with Crippen molar-refractivity contribution >= 4 is 50.1 Å². The van der Waals surface area contributed by atoms with Crippen LogP contribution < -0.4 is 29.1 Å². The van der Waals surface area contributed by atoms with Crippen LogP contribution in [0.15, 0.2) is 104 Å². The largest absolute Gasteiger partial charge is 0.491 e. The van der Waals surface area contributed by atoms with E-state index in [0.29, 0.717) is 61.1 Å². The zero-order chi connectivity index (χ0) is 34.7. The van der Waals surface area contributed by atoms with Gasteiger partial charge in [0.25, 0.3) is 5.56 Å². The molecule has 1 atom stereocenters. The van der Waals surface area contributed by atoms with Crippen LogP contribution in [-0.4, -0.2) is 29.9 Å². The lowest BCUT2D eigenvalue weighted by Gasteiger charge is -2.26. The van der Waals surface area contributed by atoms with Crippen molar-refractivity contribution in [2.45, 2.75) is 53.4 Å². The average molecular weight is 742 g/mol. The minimum Gasteiger partial charge on any atom is -0.491 e. The number of halogens is 1. The maximum Gasteiger partial charge on any atom is 0.338 e. The second-order valence-corrected chi connectivity index (χ2v) is 13.6. The van der Waals surface area contributed by atoms with Crippen molar-refractivity contribution < 1.29 is 23.7 Å². The number of fused-ring (bicyclic) bond motifs is 2. The third kappa shape index (κ3) is 7.07. The van der Waals surface area contributed by atoms with Crippen LogP contribution in [0.5, 0.6) is 17.2 Å². The van der Waals surface area contributed by atoms with E-state index in [1.54, 1.807) is 18.4 Å². The normalized spacial score (nSPS) is 14.5. The van der Waals surface area contributed by atoms with E-state index in [0.717, 1.165) is 21.9 Å². The van der Waals surface area contributed by atoms with Crippen LogP contribution in [0.4, 0.5) is 0 Å². The van der Waals surface area contributed by atoms with Gasteiger partial charge in [0.1, 0.15) is 18.4 Å². The minimum absolute atomic E-state index is 0.120. The SMILES string of the molecule is CCOC(=O)C1=C(C)N=c2s/c(=C\c3cc(Br)c(OCc4cccc5ccccc45)c(OCC)c3)c(=O)n2[C@@H]1c1ccccc1OC(C)C. The Bertz CT molecular complexity index is 2250. The summed E-state index contributed by atoms with van der Waals surface area (Å²) in [6, 6.07) is 24.8. The first kappa shape index (κ1) is 34.2. The number of esters is 1. The molecular weight excluding hydrogens is 704 g/mol. The highest BCUT2D eigenvalue weighted by Crippen LogP contribution is 2.39. The second kappa shape index (κ2) is 14.8. The van der Waals surface area contributed by atoms with Crippen molar-refractivity contribution in [3.05, 3.63) is 131 Å². The molecule has 0 radical (unpaired) electrons. The number of thiazole rings is 1. The predicted octanol–water partition coefficient (Wildman–Crippen LogP) is 7.48. The molecule has 0 unspecified atom stereocenters. The van der Waals surface area contributed by atoms with Crippen LogP contribution >= 0.6 is 27.3 Å². The molecule has 0 aliphatic carbocycles. The Labute approximate surface area is 297 Å². The van der Waals surface area contributed by atoms with Gasteiger partial charge in [-0.2, -0.15) is 0 Å². The van der Waals surface area contributed by atoms with Crippen LogP contribution in [0.25, 0.3) is 16.8 Å². The maximum atomic E-state index is 14.3. The summed E-state index contributed by atoms with van der Waals surface area (Å²) >= 11 is 4.96. The Morgan fingerprint density at radius 1 is 0.980 bits per heavy atom. The van der Waals surface area contributed by atoms with Gasteiger partial charge in [0.2, 0.25) is 0 Å². The van der Waals surface area contributed by atoms with Crippen LogP contribution in [0.1, 0.15) is 57.4 Å². The third-order valence-corrected chi connectivity index (χ3v) is 9.55. The fourth-order valence-electron chi connectivity index (χ4n) is 5.95. The molecule has 49 heavy (non-hydrogen) atoms. The summed E-state index contributed by atoms with van der Waals surface area (Å²) < 4.78 is 26.7. The average Bonchev–Trinajstić information content (AvgIpc) is 3.37. The summed E-state index contributed by atoms with van der Waals surface area (Å²) in [6.07, 6.45) is 1.69. The zero-order valence-corrected chi connectivity index (χ0v) is 30.4. The van der Waals surface area contributed by atoms with Gasteiger partial charge in [-0.15, -0.1) is 0 Å². The zero-order valence-electron chi connectivity index (χ0n) is 28.0. The Morgan fingerprint density at radius 2 is 1.73 bits per heavy atom. The number of nitrogens with zero attached hydrogens (tertiary/aromatic N) is 2. The molecule has 1 aliphatic heterocycles. The quantitative estimate of drug-likeness (QED) is 0.131. The van der Waals surface area contributed by atoms with Gasteiger partial charge in [0.05, 0.1) is 39.6 Å². The van der Waals surface area contributed by atoms with E-state index >= 15 is 0 Å². The molecule has 10 heteroatoms. The van der Waals surface area contributed by atoms with Gasteiger partial charge < -0.3 is 18.9 Å². The van der Waals surface area contributed by atoms with E-state index in [-0.39, 0.29) is 18.3 Å². The van der Waals surface area contributed by atoms with Gasteiger partial charge >= 0.3 is 5.97 Å². The van der Waals surface area contributed by atoms with Crippen molar-refractivity contribution in [3.8, 4) is 17.2 Å². The number of benzene rings is 4. The van der Waals surface area contributed by atoms with Crippen molar-refractivity contribution in [2.24, 2.45) is 4.99 Å². The van der Waals surface area contributed by atoms with Gasteiger partial charge in [-0.25, -0.2) is 9.79 Å². The van der Waals surface area contributed by atoms with E-state index in [9.17, 15) is 9.59 Å². The summed E-state index contributed by atoms with van der Waals surface area (Å²) in [4.78, 5) is 32.9. The van der Waals surface area contributed by atoms with E-state index < -0.39 is 12.0 Å². The fraction of sp³-hybridized carbons (Fsp3) is 0.256. The molecule has 8 nitrogen and oxygen atoms in total. The monoisotopic (exact) mass is 740 g/mol. The maximum absolute atomic E-state index is 14.3. The lowest BCUT2D eigenvalue weighted by Crippen LogP contribution is -2.40. The van der Waals surface area contributed by atoms with Gasteiger partial charge in [-0.1, -0.05) is 72.0 Å². The van der Waals surface area contributed by atoms with Gasteiger partial charge in [-0.3, -0.25) is 9.36 Å². The number of hydrogen-bond donors (Lipinski definition) is 0. The van der Waals surface area contributed by atoms with E-state index in [4.69, 9.17) is 23.9 Å². The van der Waals surface area contributed by atoms with Crippen LogP contribution in [0.2, 0.25) is 0 Å². The van der Waals surface area contributed by atoms with E-state index in [2.05, 4.69) is 40.2 Å². The molecule has 0 N–H and O–H groups in total. The molecule has 0 spiro atoms. The minimum atomic E-state index is -0.789. The van der Waals surface area contributed by atoms with Gasteiger partial charge in [0.15, 0.2) is 16.3 Å². The summed E-state index contributed by atoms with van der Waals surface area (Å²) in [5.74, 6) is 1.18. The van der Waals surface area contributed by atoms with Gasteiger partial charge in [-0.05, 0) is 96.7 Å². The number of hydrogen-bond acceptors (Lipinski definition) is 8. The fourth-order valence-corrected chi connectivity index (χ4v) is 7.57. The molecule has 2 heterocycles. The smallest absolute Gasteiger partial charge is 0.338 e. The molecule has 0 saturated carbocycles. The topological polar surface area (TPSA) is 88.4 Å². The number of carbonyl (C=O) groups is 1. The Morgan fingerprint density at radius 3 is 2.51 bits per heavy atom. The molecular formula is C39H37BrN2O6S. The number of ether oxygens (including phenoxy) is 4. The Balaban J connectivity index is 1.43. The highest BCUT2D eigenvalue weighted by Gasteiger charge is 2.35. The van der Waals surface area contributed by atoms with Gasteiger partial charge in [0, 0.05) is 5.56 Å². The molecule has 6 rings (SSSR count). The van der Waals surface area contributed by atoms with E-state index in [1.165, 1.54) is 11.3 Å². The Kier molecular flexibility index (Phi) is 10.4. The molecule has 1 aromatic heterocycles. The molecule has 0 saturated heterocycles. The Hall–Kier alpha value is -4.67. The number of allylic oxidation sites excluding steroid dienone is 1. The second-order valence-electron chi connectivity index (χ2n) is 11.7. The van der Waals surface area contributed by atoms with Crippen LogP contribution in [0, 0.1) is 0 Å². The van der Waals surface area contributed by atoms with Crippen LogP contribution in [-0.2, 0) is 16.1 Å². The molecule has 1 aliphatic rings. The molecule has 0 bridgehead atoms. The van der Waals surface area contributed by atoms with Crippen molar-refractivity contribution in [3.63, 3.8) is 0 Å². The summed E-state index contributed by atoms with van der Waals surface area (Å²) in [6.45, 7) is 10.3. The van der Waals surface area contributed by atoms with Crippen molar-refractivity contribution in [1.29, 1.82) is 0 Å². The first-order valence-corrected chi connectivity index (χ1v) is 17.8. The first-order chi connectivity index (χ1) is 23.7. The lowest BCUT2D eigenvalue weighted by atomic mass is 9.95. The summed E-state index contributed by atoms with van der Waals surface area (Å²) in [5.41, 5.74) is 2.98. The third-order valence-electron chi connectivity index (χ3n) is 7.97. The summed E-state index contributed by atoms with van der Waals surface area (Å²) in [7, 11) is 0. The molecule has 252 valence electrons. The first-order valence-electron chi connectivity index (χ1n) is 16.2. The number of aromatic nitrogens is 1. The highest BCUT2D eigenvalue weighted by atomic mass is 79.9. The predicted molar refractivity (Wildman–Crippen MR) is 196 cm³/mol. The summed E-state index contributed by atoms with van der Waals surface area (Å²) in [5, 5.41) is 2.27. The van der Waals surface area contributed by atoms with Crippen molar-refractivity contribution in [2.75, 3.05) is 13.2 Å². The van der Waals surface area contributed by atoms with Crippen LogP contribution in [0.3, 0.4) is 0 Å². The molecule has 4 aromatic carbocycles. The molecule has 0 fully saturated rings. The lowest BCUT2D eigenvalue weighted by molar-refractivity contribution is -0.139. The number of para-hydroxylation sites is 1. The number of carbonyl (C=O) groups excluding carboxylic acids is 1. The molecule has 5 aromatic rings. The van der Waals surface area contributed by atoms with Crippen molar-refractivity contribution in [1.82, 2.24) is 4.57 Å². The number of rotatable bonds is 11. The highest BCUT2D eigenvalue weighted by molar-refractivity contribution is 9.10. The van der Waals surface area contributed by atoms with E-state index in [1.807, 2.05) is 81.4 Å².